The lowest BCUT2D eigenvalue weighted by Crippen LogP contribution is -2.14. The van der Waals surface area contributed by atoms with Gasteiger partial charge >= 0.3 is 0 Å². The Kier molecular flexibility index (Phi) is 6.45. The van der Waals surface area contributed by atoms with Crippen LogP contribution < -0.4 is 16.2 Å². The number of alkyl halides is 2. The van der Waals surface area contributed by atoms with Gasteiger partial charge in [0.25, 0.3) is 6.43 Å². The second kappa shape index (κ2) is 8.77. The van der Waals surface area contributed by atoms with E-state index in [-0.39, 0.29) is 0 Å². The number of nitrogens with two attached hydrogens (primary N) is 2. The highest BCUT2D eigenvalue weighted by atomic mass is 19.3. The van der Waals surface area contributed by atoms with Crippen LogP contribution in [0.3, 0.4) is 0 Å². The van der Waals surface area contributed by atoms with Crippen molar-refractivity contribution in [2.24, 2.45) is 15.7 Å². The number of nitrogen functional groups attached to an aromatic ring is 1. The van der Waals surface area contributed by atoms with Crippen LogP contribution in [0.2, 0.25) is 0 Å². The molecule has 7 heteroatoms. The smallest absolute Gasteiger partial charge is 0.272 e. The second-order valence-electron chi connectivity index (χ2n) is 5.22. The largest absolute Gasteiger partial charge is 0.488 e. The van der Waals surface area contributed by atoms with E-state index in [1.54, 1.807) is 36.4 Å². The van der Waals surface area contributed by atoms with Gasteiger partial charge in [-0.25, -0.2) is 18.8 Å². The summed E-state index contributed by atoms with van der Waals surface area (Å²) in [7, 11) is 0. The summed E-state index contributed by atoms with van der Waals surface area (Å²) >= 11 is 0. The Hall–Kier alpha value is -2.96. The molecular weight excluding hydrogens is 326 g/mol. The van der Waals surface area contributed by atoms with Crippen molar-refractivity contribution in [1.29, 1.82) is 0 Å². The Morgan fingerprint density at radius 2 is 1.92 bits per heavy atom. The highest BCUT2D eigenvalue weighted by Gasteiger charge is 2.03. The Balaban J connectivity index is 2.02. The van der Waals surface area contributed by atoms with Crippen molar-refractivity contribution in [3.63, 3.8) is 0 Å². The molecule has 0 bridgehead atoms. The van der Waals surface area contributed by atoms with Crippen molar-refractivity contribution in [1.82, 2.24) is 0 Å². The number of anilines is 1. The molecule has 0 atom stereocenters. The number of rotatable bonds is 7. The summed E-state index contributed by atoms with van der Waals surface area (Å²) in [6, 6.07) is 11.9. The molecule has 2 aromatic rings. The third kappa shape index (κ3) is 5.56. The van der Waals surface area contributed by atoms with Crippen LogP contribution in [-0.4, -0.2) is 25.2 Å². The molecule has 0 aliphatic rings. The minimum absolute atomic E-state index is 0.329. The molecule has 0 aliphatic carbocycles. The maximum Gasteiger partial charge on any atom is 0.272 e. The van der Waals surface area contributed by atoms with Gasteiger partial charge in [-0.2, -0.15) is 0 Å². The summed E-state index contributed by atoms with van der Waals surface area (Å²) in [5, 5.41) is 0. The molecule has 0 aromatic heterocycles. The first-order chi connectivity index (χ1) is 12.0. The van der Waals surface area contributed by atoms with Crippen molar-refractivity contribution in [3.8, 4) is 5.75 Å². The van der Waals surface area contributed by atoms with Gasteiger partial charge in [-0.15, -0.1) is 0 Å². The number of aliphatic imine (C=N–C) groups is 2. The van der Waals surface area contributed by atoms with E-state index in [2.05, 4.69) is 9.98 Å². The van der Waals surface area contributed by atoms with Gasteiger partial charge in [-0.1, -0.05) is 6.92 Å². The van der Waals surface area contributed by atoms with Crippen LogP contribution in [0.4, 0.5) is 20.2 Å². The maximum atomic E-state index is 12.1. The summed E-state index contributed by atoms with van der Waals surface area (Å²) < 4.78 is 29.0. The predicted molar refractivity (Wildman–Crippen MR) is 97.0 cm³/mol. The standard InChI is InChI=1S/C18H20F2N4O/c1-2-12-9-13(3-8-16(12)21)18(22)24-11-23-14-4-6-15(7-5-14)25-10-17(19)20/h3-9,11,17H,2,10,21H2,1H3,(H2,22,23,24). The number of halogens is 2. The van der Waals surface area contributed by atoms with Crippen LogP contribution in [0.5, 0.6) is 5.75 Å². The topological polar surface area (TPSA) is 86.0 Å². The fourth-order valence-corrected chi connectivity index (χ4v) is 2.09. The molecule has 2 aromatic carbocycles. The quantitative estimate of drug-likeness (QED) is 0.457. The van der Waals surface area contributed by atoms with Crippen molar-refractivity contribution in [3.05, 3.63) is 53.6 Å². The number of hydrogen-bond donors (Lipinski definition) is 2. The van der Waals surface area contributed by atoms with Crippen molar-refractivity contribution < 1.29 is 13.5 Å². The fraction of sp³-hybridized carbons (Fsp3) is 0.222. The summed E-state index contributed by atoms with van der Waals surface area (Å²) in [4.78, 5) is 8.26. The van der Waals surface area contributed by atoms with Crippen LogP contribution >= 0.6 is 0 Å². The molecule has 0 saturated heterocycles. The van der Waals surface area contributed by atoms with Crippen LogP contribution in [0, 0.1) is 0 Å². The Bertz CT molecular complexity index is 758. The van der Waals surface area contributed by atoms with Crippen LogP contribution in [0.15, 0.2) is 52.4 Å². The number of benzene rings is 2. The van der Waals surface area contributed by atoms with Crippen LogP contribution in [-0.2, 0) is 6.42 Å². The average Bonchev–Trinajstić information content (AvgIpc) is 2.61. The molecule has 0 radical (unpaired) electrons. The van der Waals surface area contributed by atoms with Gasteiger partial charge in [-0.3, -0.25) is 0 Å². The molecule has 0 fully saturated rings. The van der Waals surface area contributed by atoms with Crippen LogP contribution in [0.25, 0.3) is 0 Å². The maximum absolute atomic E-state index is 12.1. The molecule has 0 aliphatic heterocycles. The molecule has 4 N–H and O–H groups in total. The first-order valence-corrected chi connectivity index (χ1v) is 7.75. The molecular formula is C18H20F2N4O. The Morgan fingerprint density at radius 3 is 2.56 bits per heavy atom. The molecule has 132 valence electrons. The zero-order valence-corrected chi connectivity index (χ0v) is 13.8. The second-order valence-corrected chi connectivity index (χ2v) is 5.22. The van der Waals surface area contributed by atoms with E-state index in [1.807, 2.05) is 13.0 Å². The van der Waals surface area contributed by atoms with E-state index in [4.69, 9.17) is 16.2 Å². The van der Waals surface area contributed by atoms with E-state index in [1.165, 1.54) is 6.34 Å². The fourth-order valence-electron chi connectivity index (χ4n) is 2.09. The zero-order chi connectivity index (χ0) is 18.2. The van der Waals surface area contributed by atoms with E-state index >= 15 is 0 Å². The lowest BCUT2D eigenvalue weighted by atomic mass is 10.1. The molecule has 0 saturated carbocycles. The highest BCUT2D eigenvalue weighted by Crippen LogP contribution is 2.18. The monoisotopic (exact) mass is 346 g/mol. The van der Waals surface area contributed by atoms with Crippen molar-refractivity contribution in [2.75, 3.05) is 12.3 Å². The summed E-state index contributed by atoms with van der Waals surface area (Å²) in [6.07, 6.45) is -0.357. The van der Waals surface area contributed by atoms with E-state index < -0.39 is 13.0 Å². The first kappa shape index (κ1) is 18.4. The van der Waals surface area contributed by atoms with Gasteiger partial charge < -0.3 is 16.2 Å². The molecule has 0 amide bonds. The third-order valence-corrected chi connectivity index (χ3v) is 3.44. The van der Waals surface area contributed by atoms with E-state index in [0.717, 1.165) is 23.2 Å². The summed E-state index contributed by atoms with van der Waals surface area (Å²) in [6.45, 7) is 1.38. The molecule has 25 heavy (non-hydrogen) atoms. The zero-order valence-electron chi connectivity index (χ0n) is 13.8. The minimum atomic E-state index is -2.50. The lowest BCUT2D eigenvalue weighted by Gasteiger charge is -2.06. The SMILES string of the molecule is CCc1cc(C(N)=NC=Nc2ccc(OCC(F)F)cc2)ccc1N. The number of amidine groups is 1. The van der Waals surface area contributed by atoms with E-state index in [0.29, 0.717) is 17.3 Å². The van der Waals surface area contributed by atoms with Gasteiger partial charge in [0.15, 0.2) is 0 Å². The van der Waals surface area contributed by atoms with Gasteiger partial charge in [0.2, 0.25) is 0 Å². The summed E-state index contributed by atoms with van der Waals surface area (Å²) in [5.74, 6) is 0.687. The first-order valence-electron chi connectivity index (χ1n) is 7.75. The minimum Gasteiger partial charge on any atom is -0.488 e. The summed E-state index contributed by atoms with van der Waals surface area (Å²) in [5.41, 5.74) is 14.9. The predicted octanol–water partition coefficient (Wildman–Crippen LogP) is 3.54. The molecule has 5 nitrogen and oxygen atoms in total. The normalized spacial score (nSPS) is 12.1. The van der Waals surface area contributed by atoms with Crippen molar-refractivity contribution >= 4 is 23.5 Å². The lowest BCUT2D eigenvalue weighted by molar-refractivity contribution is 0.0819. The third-order valence-electron chi connectivity index (χ3n) is 3.44. The number of ether oxygens (including phenoxy) is 1. The van der Waals surface area contributed by atoms with Gasteiger partial charge in [0.1, 0.15) is 24.5 Å². The molecule has 0 spiro atoms. The Labute approximate surface area is 145 Å². The number of nitrogens with zero attached hydrogens (tertiary/aromatic N) is 2. The Morgan fingerprint density at radius 1 is 1.20 bits per heavy atom. The number of hydrogen-bond acceptors (Lipinski definition) is 3. The molecule has 2 rings (SSSR count). The number of aryl methyl sites for hydroxylation is 1. The highest BCUT2D eigenvalue weighted by molar-refractivity contribution is 6.01. The van der Waals surface area contributed by atoms with Crippen LogP contribution in [0.1, 0.15) is 18.1 Å². The van der Waals surface area contributed by atoms with Gasteiger partial charge in [0, 0.05) is 11.3 Å². The van der Waals surface area contributed by atoms with Crippen molar-refractivity contribution in [2.45, 2.75) is 19.8 Å². The van der Waals surface area contributed by atoms with Gasteiger partial charge in [-0.05, 0) is 54.4 Å². The van der Waals surface area contributed by atoms with Gasteiger partial charge in [0.05, 0.1) is 5.69 Å². The van der Waals surface area contributed by atoms with E-state index in [9.17, 15) is 8.78 Å². The molecule has 0 unspecified atom stereocenters. The molecule has 0 heterocycles. The average molecular weight is 346 g/mol.